The van der Waals surface area contributed by atoms with Crippen LogP contribution in [0.25, 0.3) is 10.9 Å². The number of ether oxygens (including phenoxy) is 1. The fraction of sp³-hybridized carbons (Fsp3) is 0.471. The highest BCUT2D eigenvalue weighted by Crippen LogP contribution is 2.19. The number of aromatic amines is 1. The Morgan fingerprint density at radius 3 is 2.81 bits per heavy atom. The zero-order valence-corrected chi connectivity index (χ0v) is 15.3. The topological polar surface area (TPSA) is 109 Å². The number of rotatable bonds is 6. The Morgan fingerprint density at radius 2 is 2.12 bits per heavy atom. The number of hydrogen-bond donors (Lipinski definition) is 1. The van der Waals surface area contributed by atoms with E-state index >= 15 is 0 Å². The third kappa shape index (κ3) is 3.87. The quantitative estimate of drug-likeness (QED) is 0.754. The number of benzene rings is 1. The van der Waals surface area contributed by atoms with Crippen molar-refractivity contribution >= 4 is 32.6 Å². The van der Waals surface area contributed by atoms with Crippen LogP contribution in [0.2, 0.25) is 0 Å². The van der Waals surface area contributed by atoms with Gasteiger partial charge in [0.05, 0.1) is 17.0 Å². The molecule has 0 saturated carbocycles. The average Bonchev–Trinajstić information content (AvgIpc) is 3.20. The maximum Gasteiger partial charge on any atom is 0.359 e. The molecule has 1 N–H and O–H groups in total. The van der Waals surface area contributed by atoms with Crippen LogP contribution in [-0.2, 0) is 19.4 Å². The Labute approximate surface area is 151 Å². The second-order valence-corrected chi connectivity index (χ2v) is 8.57. The van der Waals surface area contributed by atoms with Crippen LogP contribution < -0.4 is 0 Å². The van der Waals surface area contributed by atoms with Gasteiger partial charge in [-0.15, -0.1) is 0 Å². The minimum absolute atomic E-state index is 0.0311. The molecule has 1 atom stereocenters. The molecule has 0 bridgehead atoms. The van der Waals surface area contributed by atoms with Gasteiger partial charge in [-0.05, 0) is 18.9 Å². The normalized spacial score (nSPS) is 18.7. The van der Waals surface area contributed by atoms with Crippen LogP contribution in [-0.4, -0.2) is 66.1 Å². The molecular weight excluding hydrogens is 358 g/mol. The third-order valence-corrected chi connectivity index (χ3v) is 6.17. The largest absolute Gasteiger partial charge is 0.451 e. The van der Waals surface area contributed by atoms with E-state index in [0.717, 1.165) is 0 Å². The zero-order valence-electron chi connectivity index (χ0n) is 14.5. The molecule has 1 aliphatic heterocycles. The first kappa shape index (κ1) is 18.4. The predicted octanol–water partition coefficient (Wildman–Crippen LogP) is 1.15. The van der Waals surface area contributed by atoms with Gasteiger partial charge in [0.15, 0.2) is 22.1 Å². The molecule has 1 saturated heterocycles. The van der Waals surface area contributed by atoms with Crippen molar-refractivity contribution in [3.05, 3.63) is 30.0 Å². The number of hydrogen-bond acceptors (Lipinski definition) is 6. The number of para-hydroxylation sites is 1. The standard InChI is InChI=1S/C17H21N3O5S/c1-2-8-20(12-7-9-26(23,24)11-12)15(21)10-25-17(22)16-13-5-3-4-6-14(13)18-19-16/h3-6,12H,2,7-11H2,1H3,(H,18,19)/t12-/m0/s1. The predicted molar refractivity (Wildman–Crippen MR) is 95.4 cm³/mol. The van der Waals surface area contributed by atoms with Crippen LogP contribution in [0.4, 0.5) is 0 Å². The lowest BCUT2D eigenvalue weighted by Gasteiger charge is -2.27. The van der Waals surface area contributed by atoms with Crippen molar-refractivity contribution in [3.63, 3.8) is 0 Å². The maximum absolute atomic E-state index is 12.5. The summed E-state index contributed by atoms with van der Waals surface area (Å²) in [7, 11) is -3.10. The average molecular weight is 379 g/mol. The van der Waals surface area contributed by atoms with Crippen molar-refractivity contribution < 1.29 is 22.7 Å². The summed E-state index contributed by atoms with van der Waals surface area (Å²) in [5.41, 5.74) is 0.827. The number of nitrogens with zero attached hydrogens (tertiary/aromatic N) is 2. The van der Waals surface area contributed by atoms with E-state index in [-0.39, 0.29) is 29.1 Å². The highest BCUT2D eigenvalue weighted by atomic mass is 32.2. The van der Waals surface area contributed by atoms with Gasteiger partial charge in [-0.1, -0.05) is 25.1 Å². The minimum Gasteiger partial charge on any atom is -0.451 e. The van der Waals surface area contributed by atoms with Gasteiger partial charge in [0, 0.05) is 18.0 Å². The number of fused-ring (bicyclic) bond motifs is 1. The smallest absolute Gasteiger partial charge is 0.359 e. The fourth-order valence-electron chi connectivity index (χ4n) is 3.17. The van der Waals surface area contributed by atoms with Crippen LogP contribution in [0.1, 0.15) is 30.3 Å². The number of amides is 1. The van der Waals surface area contributed by atoms with Crippen molar-refractivity contribution in [3.8, 4) is 0 Å². The molecule has 0 aliphatic carbocycles. The number of H-pyrrole nitrogens is 1. The molecule has 8 nitrogen and oxygen atoms in total. The van der Waals surface area contributed by atoms with Gasteiger partial charge >= 0.3 is 5.97 Å². The molecule has 26 heavy (non-hydrogen) atoms. The molecule has 0 unspecified atom stereocenters. The van der Waals surface area contributed by atoms with E-state index in [1.807, 2.05) is 13.0 Å². The second-order valence-electron chi connectivity index (χ2n) is 6.34. The molecule has 1 fully saturated rings. The number of esters is 1. The summed E-state index contributed by atoms with van der Waals surface area (Å²) in [4.78, 5) is 26.3. The summed E-state index contributed by atoms with van der Waals surface area (Å²) in [6, 6.07) is 6.77. The van der Waals surface area contributed by atoms with E-state index in [0.29, 0.717) is 30.3 Å². The number of carbonyl (C=O) groups excluding carboxylic acids is 2. The summed E-state index contributed by atoms with van der Waals surface area (Å²) in [5.74, 6) is -1.02. The number of sulfone groups is 1. The van der Waals surface area contributed by atoms with Crippen molar-refractivity contribution in [2.75, 3.05) is 24.7 Å². The lowest BCUT2D eigenvalue weighted by Crippen LogP contribution is -2.43. The van der Waals surface area contributed by atoms with E-state index in [4.69, 9.17) is 4.74 Å². The van der Waals surface area contributed by atoms with Crippen LogP contribution in [0, 0.1) is 0 Å². The number of nitrogens with one attached hydrogen (secondary N) is 1. The molecule has 1 amide bonds. The molecule has 1 aromatic carbocycles. The van der Waals surface area contributed by atoms with E-state index in [2.05, 4.69) is 10.2 Å². The highest BCUT2D eigenvalue weighted by Gasteiger charge is 2.34. The SMILES string of the molecule is CCCN(C(=O)COC(=O)c1n[nH]c2ccccc12)[C@H]1CCS(=O)(=O)C1. The zero-order chi connectivity index (χ0) is 18.7. The molecule has 3 rings (SSSR count). The molecular formula is C17H21N3O5S. The van der Waals surface area contributed by atoms with Gasteiger partial charge in [-0.3, -0.25) is 9.89 Å². The molecule has 2 aromatic rings. The monoisotopic (exact) mass is 379 g/mol. The molecule has 0 spiro atoms. The van der Waals surface area contributed by atoms with E-state index < -0.39 is 22.4 Å². The first-order chi connectivity index (χ1) is 12.4. The van der Waals surface area contributed by atoms with Crippen molar-refractivity contribution in [2.24, 2.45) is 0 Å². The summed E-state index contributed by atoms with van der Waals surface area (Å²) in [6.45, 7) is 1.91. The third-order valence-electron chi connectivity index (χ3n) is 4.42. The minimum atomic E-state index is -3.10. The molecule has 1 aliphatic rings. The van der Waals surface area contributed by atoms with Crippen LogP contribution >= 0.6 is 0 Å². The van der Waals surface area contributed by atoms with Crippen molar-refractivity contribution in [1.82, 2.24) is 15.1 Å². The van der Waals surface area contributed by atoms with Gasteiger partial charge in [0.1, 0.15) is 0 Å². The maximum atomic E-state index is 12.5. The van der Waals surface area contributed by atoms with Crippen molar-refractivity contribution in [1.29, 1.82) is 0 Å². The van der Waals surface area contributed by atoms with Gasteiger partial charge in [-0.2, -0.15) is 5.10 Å². The van der Waals surface area contributed by atoms with Gasteiger partial charge in [0.25, 0.3) is 5.91 Å². The van der Waals surface area contributed by atoms with Crippen LogP contribution in [0.3, 0.4) is 0 Å². The van der Waals surface area contributed by atoms with Crippen LogP contribution in [0.15, 0.2) is 24.3 Å². The molecule has 9 heteroatoms. The van der Waals surface area contributed by atoms with Gasteiger partial charge < -0.3 is 9.64 Å². The first-order valence-corrected chi connectivity index (χ1v) is 10.3. The molecule has 2 heterocycles. The summed E-state index contributed by atoms with van der Waals surface area (Å²) in [5, 5.41) is 7.31. The van der Waals surface area contributed by atoms with E-state index in [1.165, 1.54) is 4.90 Å². The lowest BCUT2D eigenvalue weighted by atomic mass is 10.2. The second kappa shape index (κ2) is 7.45. The Morgan fingerprint density at radius 1 is 1.35 bits per heavy atom. The number of carbonyl (C=O) groups is 2. The van der Waals surface area contributed by atoms with Gasteiger partial charge in [-0.25, -0.2) is 13.2 Å². The van der Waals surface area contributed by atoms with Crippen LogP contribution in [0.5, 0.6) is 0 Å². The lowest BCUT2D eigenvalue weighted by molar-refractivity contribution is -0.136. The molecule has 1 aromatic heterocycles. The first-order valence-electron chi connectivity index (χ1n) is 8.51. The van der Waals surface area contributed by atoms with Crippen molar-refractivity contribution in [2.45, 2.75) is 25.8 Å². The van der Waals surface area contributed by atoms with E-state index in [9.17, 15) is 18.0 Å². The highest BCUT2D eigenvalue weighted by molar-refractivity contribution is 7.91. The molecule has 140 valence electrons. The summed E-state index contributed by atoms with van der Waals surface area (Å²) in [6.07, 6.45) is 1.12. The summed E-state index contributed by atoms with van der Waals surface area (Å²) >= 11 is 0. The van der Waals surface area contributed by atoms with Gasteiger partial charge in [0.2, 0.25) is 0 Å². The number of aromatic nitrogens is 2. The molecule has 0 radical (unpaired) electrons. The van der Waals surface area contributed by atoms with E-state index in [1.54, 1.807) is 18.2 Å². The Bertz CT molecular complexity index is 921. The Hall–Kier alpha value is -2.42. The fourth-order valence-corrected chi connectivity index (χ4v) is 4.90. The Balaban J connectivity index is 1.65. The Kier molecular flexibility index (Phi) is 5.26. The summed E-state index contributed by atoms with van der Waals surface area (Å²) < 4.78 is 28.5.